The van der Waals surface area contributed by atoms with Gasteiger partial charge in [-0.15, -0.1) is 10.2 Å². The number of hydrogen-bond acceptors (Lipinski definition) is 5. The lowest BCUT2D eigenvalue weighted by molar-refractivity contribution is -0.119. The predicted octanol–water partition coefficient (Wildman–Crippen LogP) is 1.11. The van der Waals surface area contributed by atoms with Crippen molar-refractivity contribution < 1.29 is 4.79 Å². The first-order valence-electron chi connectivity index (χ1n) is 6.77. The average Bonchev–Trinajstić information content (AvgIpc) is 2.68. The fraction of sp³-hybridized carbons (Fsp3) is 0.846. The highest BCUT2D eigenvalue weighted by molar-refractivity contribution is 5.79. The lowest BCUT2D eigenvalue weighted by Gasteiger charge is -2.30. The molecule has 0 radical (unpaired) electrons. The first-order valence-corrected chi connectivity index (χ1v) is 6.77. The molecular weight excluding hydrogens is 242 g/mol. The molecule has 0 amide bonds. The van der Waals surface area contributed by atoms with Crippen molar-refractivity contribution in [3.05, 3.63) is 5.82 Å². The number of hydrogen-bond donors (Lipinski definition) is 1. The molecule has 19 heavy (non-hydrogen) atoms. The van der Waals surface area contributed by atoms with Gasteiger partial charge in [0.25, 0.3) is 0 Å². The van der Waals surface area contributed by atoms with Crippen LogP contribution in [0.15, 0.2) is 0 Å². The Bertz CT molecular complexity index is 407. The number of carbonyl (C=O) groups is 1. The molecule has 108 valence electrons. The summed E-state index contributed by atoms with van der Waals surface area (Å²) in [5.74, 6) is 1.13. The molecule has 1 heterocycles. The van der Waals surface area contributed by atoms with Crippen LogP contribution in [0.3, 0.4) is 0 Å². The van der Waals surface area contributed by atoms with Gasteiger partial charge in [0.05, 0.1) is 13.5 Å². The predicted molar refractivity (Wildman–Crippen MR) is 73.4 cm³/mol. The van der Waals surface area contributed by atoms with Gasteiger partial charge in [0.2, 0.25) is 0 Å². The van der Waals surface area contributed by atoms with Crippen molar-refractivity contribution in [3.8, 4) is 0 Å². The normalized spacial score (nSPS) is 13.5. The second-order valence-corrected chi connectivity index (χ2v) is 6.09. The summed E-state index contributed by atoms with van der Waals surface area (Å²) in [4.78, 5) is 13.3. The van der Waals surface area contributed by atoms with E-state index in [0.29, 0.717) is 24.7 Å². The van der Waals surface area contributed by atoms with Crippen molar-refractivity contribution in [3.63, 3.8) is 0 Å². The number of nitrogens with two attached hydrogens (primary N) is 1. The average molecular weight is 267 g/mol. The Balaban J connectivity index is 2.43. The summed E-state index contributed by atoms with van der Waals surface area (Å²) in [5, 5.41) is 11.6. The van der Waals surface area contributed by atoms with Crippen LogP contribution in [0.5, 0.6) is 0 Å². The topological polar surface area (TPSA) is 86.7 Å². The van der Waals surface area contributed by atoms with Gasteiger partial charge >= 0.3 is 0 Å². The van der Waals surface area contributed by atoms with E-state index in [0.717, 1.165) is 12.8 Å². The van der Waals surface area contributed by atoms with Crippen molar-refractivity contribution in [2.75, 3.05) is 6.54 Å². The van der Waals surface area contributed by atoms with E-state index in [-0.39, 0.29) is 17.6 Å². The van der Waals surface area contributed by atoms with Crippen LogP contribution >= 0.6 is 0 Å². The summed E-state index contributed by atoms with van der Waals surface area (Å²) in [6.45, 7) is 7.26. The number of ketones is 1. The van der Waals surface area contributed by atoms with Gasteiger partial charge in [0, 0.05) is 6.42 Å². The zero-order valence-corrected chi connectivity index (χ0v) is 12.4. The highest BCUT2D eigenvalue weighted by Gasteiger charge is 2.24. The molecule has 0 aromatic carbocycles. The van der Waals surface area contributed by atoms with E-state index >= 15 is 0 Å². The fourth-order valence-corrected chi connectivity index (χ4v) is 2.21. The van der Waals surface area contributed by atoms with Gasteiger partial charge in [-0.05, 0) is 35.9 Å². The van der Waals surface area contributed by atoms with Crippen molar-refractivity contribution in [2.24, 2.45) is 24.1 Å². The van der Waals surface area contributed by atoms with Crippen molar-refractivity contribution in [2.45, 2.75) is 46.5 Å². The highest BCUT2D eigenvalue weighted by atomic mass is 16.1. The summed E-state index contributed by atoms with van der Waals surface area (Å²) in [7, 11) is 1.69. The Morgan fingerprint density at radius 3 is 2.53 bits per heavy atom. The number of tetrazole rings is 1. The second kappa shape index (κ2) is 6.75. The van der Waals surface area contributed by atoms with Crippen LogP contribution in [0.4, 0.5) is 0 Å². The first-order chi connectivity index (χ1) is 8.82. The van der Waals surface area contributed by atoms with Gasteiger partial charge < -0.3 is 5.73 Å². The van der Waals surface area contributed by atoms with Crippen molar-refractivity contribution in [1.82, 2.24) is 20.2 Å². The molecule has 0 aliphatic carbocycles. The van der Waals surface area contributed by atoms with Gasteiger partial charge in [0.1, 0.15) is 5.78 Å². The summed E-state index contributed by atoms with van der Waals surface area (Å²) in [6.07, 6.45) is 2.66. The number of rotatable bonds is 7. The van der Waals surface area contributed by atoms with Crippen LogP contribution in [0.25, 0.3) is 0 Å². The highest BCUT2D eigenvalue weighted by Crippen LogP contribution is 2.32. The first kappa shape index (κ1) is 15.8. The molecule has 2 N–H and O–H groups in total. The third-order valence-corrected chi connectivity index (χ3v) is 3.42. The maximum Gasteiger partial charge on any atom is 0.182 e. The lowest BCUT2D eigenvalue weighted by atomic mass is 9.76. The monoisotopic (exact) mass is 267 g/mol. The van der Waals surface area contributed by atoms with Gasteiger partial charge in [-0.2, -0.15) is 4.80 Å². The maximum absolute atomic E-state index is 11.9. The molecule has 1 aromatic heterocycles. The van der Waals surface area contributed by atoms with Crippen molar-refractivity contribution in [1.29, 1.82) is 0 Å². The SMILES string of the molecule is Cn1nnc(CC(=O)CCC(CCN)C(C)(C)C)n1. The fourth-order valence-electron chi connectivity index (χ4n) is 2.21. The number of Topliss-reactive ketones (excluding diaryl/α,β-unsaturated/α-hetero) is 1. The van der Waals surface area contributed by atoms with E-state index in [1.54, 1.807) is 7.05 Å². The van der Waals surface area contributed by atoms with Crippen LogP contribution in [0.2, 0.25) is 0 Å². The molecule has 6 heteroatoms. The van der Waals surface area contributed by atoms with Crippen LogP contribution < -0.4 is 5.73 Å². The van der Waals surface area contributed by atoms with E-state index < -0.39 is 0 Å². The minimum Gasteiger partial charge on any atom is -0.330 e. The smallest absolute Gasteiger partial charge is 0.182 e. The van der Waals surface area contributed by atoms with Gasteiger partial charge in [-0.25, -0.2) is 0 Å². The van der Waals surface area contributed by atoms with Crippen LogP contribution in [0.1, 0.15) is 45.9 Å². The van der Waals surface area contributed by atoms with Crippen molar-refractivity contribution >= 4 is 5.78 Å². The number of aryl methyl sites for hydroxylation is 1. The van der Waals surface area contributed by atoms with Crippen LogP contribution in [-0.4, -0.2) is 32.5 Å². The number of aromatic nitrogens is 4. The summed E-state index contributed by atoms with van der Waals surface area (Å²) in [5.41, 5.74) is 5.83. The van der Waals surface area contributed by atoms with Gasteiger partial charge in [0.15, 0.2) is 5.82 Å². The largest absolute Gasteiger partial charge is 0.330 e. The number of carbonyl (C=O) groups excluding carboxylic acids is 1. The summed E-state index contributed by atoms with van der Waals surface area (Å²) < 4.78 is 0. The minimum atomic E-state index is 0.166. The van der Waals surface area contributed by atoms with E-state index in [1.165, 1.54) is 4.80 Å². The van der Waals surface area contributed by atoms with E-state index in [1.807, 2.05) is 0 Å². The van der Waals surface area contributed by atoms with E-state index in [4.69, 9.17) is 5.73 Å². The molecule has 1 unspecified atom stereocenters. The third-order valence-electron chi connectivity index (χ3n) is 3.42. The second-order valence-electron chi connectivity index (χ2n) is 6.09. The molecule has 0 bridgehead atoms. The molecule has 0 fully saturated rings. The molecule has 0 aliphatic heterocycles. The zero-order chi connectivity index (χ0) is 14.5. The Morgan fingerprint density at radius 1 is 1.37 bits per heavy atom. The zero-order valence-electron chi connectivity index (χ0n) is 12.4. The molecule has 0 aliphatic rings. The molecular formula is C13H25N5O. The summed E-state index contributed by atoms with van der Waals surface area (Å²) >= 11 is 0. The van der Waals surface area contributed by atoms with Crippen LogP contribution in [-0.2, 0) is 18.3 Å². The lowest BCUT2D eigenvalue weighted by Crippen LogP contribution is -2.24. The Hall–Kier alpha value is -1.30. The Morgan fingerprint density at radius 2 is 2.05 bits per heavy atom. The quantitative estimate of drug-likeness (QED) is 0.799. The minimum absolute atomic E-state index is 0.166. The van der Waals surface area contributed by atoms with Gasteiger partial charge in [-0.3, -0.25) is 4.79 Å². The number of nitrogens with zero attached hydrogens (tertiary/aromatic N) is 4. The van der Waals surface area contributed by atoms with Crippen LogP contribution in [0, 0.1) is 11.3 Å². The standard InChI is InChI=1S/C13H25N5O/c1-13(2,3)10(7-8-14)5-6-11(19)9-12-15-17-18(4)16-12/h10H,5-9,14H2,1-4H3. The molecule has 6 nitrogen and oxygen atoms in total. The van der Waals surface area contributed by atoms with Gasteiger partial charge in [-0.1, -0.05) is 20.8 Å². The molecule has 1 aromatic rings. The van der Waals surface area contributed by atoms with E-state index in [9.17, 15) is 4.79 Å². The molecule has 0 saturated carbocycles. The molecule has 0 spiro atoms. The third kappa shape index (κ3) is 5.46. The molecule has 0 saturated heterocycles. The Labute approximate surface area is 114 Å². The Kier molecular flexibility index (Phi) is 5.60. The van der Waals surface area contributed by atoms with E-state index in [2.05, 4.69) is 36.2 Å². The maximum atomic E-state index is 11.9. The summed E-state index contributed by atoms with van der Waals surface area (Å²) in [6, 6.07) is 0. The molecule has 1 atom stereocenters. The molecule has 1 rings (SSSR count).